The van der Waals surface area contributed by atoms with Crippen molar-refractivity contribution >= 4 is 23.5 Å². The number of methoxy groups -OCH3 is 1. The Kier molecular flexibility index (Phi) is 8.02. The first-order valence-corrected chi connectivity index (χ1v) is 12.0. The number of halogens is 1. The molecule has 1 heterocycles. The van der Waals surface area contributed by atoms with Gasteiger partial charge < -0.3 is 14.4 Å². The minimum atomic E-state index is -0.351. The van der Waals surface area contributed by atoms with Crippen LogP contribution in [-0.2, 0) is 20.9 Å². The summed E-state index contributed by atoms with van der Waals surface area (Å²) in [6, 6.07) is 15.0. The van der Waals surface area contributed by atoms with Crippen LogP contribution in [0.5, 0.6) is 0 Å². The fourth-order valence-corrected chi connectivity index (χ4v) is 4.41. The number of benzene rings is 2. The van der Waals surface area contributed by atoms with E-state index in [9.17, 15) is 9.59 Å². The summed E-state index contributed by atoms with van der Waals surface area (Å²) in [6.45, 7) is 4.41. The standard InChI is InChI=1S/C26H31ClN2O4/c1-32-26(31)22-7-5-19(6-8-22)18-33-24(20-9-11-23(27)12-10-20)17-28-13-15-29(16-14-28)25(30)21-3-2-4-21/h5-12,21,24H,2-4,13-18H2,1H3. The van der Waals surface area contributed by atoms with Crippen molar-refractivity contribution in [2.45, 2.75) is 32.0 Å². The Bertz CT molecular complexity index is 936. The van der Waals surface area contributed by atoms with Crippen molar-refractivity contribution in [1.29, 1.82) is 0 Å². The summed E-state index contributed by atoms with van der Waals surface area (Å²) in [6.07, 6.45) is 3.15. The molecule has 0 spiro atoms. The summed E-state index contributed by atoms with van der Waals surface area (Å²) < 4.78 is 11.1. The van der Waals surface area contributed by atoms with Crippen molar-refractivity contribution in [2.24, 2.45) is 5.92 Å². The van der Waals surface area contributed by atoms with Crippen LogP contribution >= 0.6 is 11.6 Å². The van der Waals surface area contributed by atoms with Crippen molar-refractivity contribution in [2.75, 3.05) is 39.8 Å². The summed E-state index contributed by atoms with van der Waals surface area (Å²) in [5.41, 5.74) is 2.57. The average molecular weight is 471 g/mol. The van der Waals surface area contributed by atoms with Crippen LogP contribution in [-0.4, -0.2) is 61.5 Å². The molecule has 0 radical (unpaired) electrons. The van der Waals surface area contributed by atoms with Crippen LogP contribution in [0.25, 0.3) is 0 Å². The van der Waals surface area contributed by atoms with E-state index in [0.717, 1.165) is 56.7 Å². The van der Waals surface area contributed by atoms with Crippen LogP contribution in [0.1, 0.15) is 46.9 Å². The number of carbonyl (C=O) groups excluding carboxylic acids is 2. The maximum absolute atomic E-state index is 12.5. The molecule has 2 fully saturated rings. The molecule has 0 N–H and O–H groups in total. The number of hydrogen-bond acceptors (Lipinski definition) is 5. The lowest BCUT2D eigenvalue weighted by molar-refractivity contribution is -0.140. The molecular formula is C26H31ClN2O4. The highest BCUT2D eigenvalue weighted by atomic mass is 35.5. The first-order valence-electron chi connectivity index (χ1n) is 11.6. The van der Waals surface area contributed by atoms with Gasteiger partial charge in [-0.25, -0.2) is 4.79 Å². The molecule has 1 aliphatic heterocycles. The predicted molar refractivity (Wildman–Crippen MR) is 127 cm³/mol. The highest BCUT2D eigenvalue weighted by Gasteiger charge is 2.31. The molecule has 1 saturated carbocycles. The lowest BCUT2D eigenvalue weighted by atomic mass is 9.84. The molecule has 2 aromatic carbocycles. The lowest BCUT2D eigenvalue weighted by Crippen LogP contribution is -2.51. The van der Waals surface area contributed by atoms with Crippen LogP contribution in [0.3, 0.4) is 0 Å². The Morgan fingerprint density at radius 3 is 2.24 bits per heavy atom. The van der Waals surface area contributed by atoms with Crippen LogP contribution < -0.4 is 0 Å². The topological polar surface area (TPSA) is 59.1 Å². The fourth-order valence-electron chi connectivity index (χ4n) is 4.28. The summed E-state index contributed by atoms with van der Waals surface area (Å²) in [7, 11) is 1.37. The molecule has 1 amide bonds. The van der Waals surface area contributed by atoms with E-state index in [1.165, 1.54) is 13.5 Å². The van der Waals surface area contributed by atoms with Crippen LogP contribution in [0.2, 0.25) is 5.02 Å². The highest BCUT2D eigenvalue weighted by molar-refractivity contribution is 6.30. The van der Waals surface area contributed by atoms with Crippen molar-refractivity contribution in [3.05, 3.63) is 70.2 Å². The Morgan fingerprint density at radius 2 is 1.67 bits per heavy atom. The normalized spacial score (nSPS) is 17.9. The zero-order valence-electron chi connectivity index (χ0n) is 19.0. The summed E-state index contributed by atoms with van der Waals surface area (Å²) in [4.78, 5) is 28.6. The van der Waals surface area contributed by atoms with E-state index in [1.54, 1.807) is 12.1 Å². The second-order valence-corrected chi connectivity index (χ2v) is 9.23. The molecule has 1 unspecified atom stereocenters. The molecule has 4 rings (SSSR count). The molecular weight excluding hydrogens is 440 g/mol. The molecule has 176 valence electrons. The maximum atomic E-state index is 12.5. The minimum absolute atomic E-state index is 0.128. The number of rotatable bonds is 8. The van der Waals surface area contributed by atoms with E-state index in [1.807, 2.05) is 41.3 Å². The number of amides is 1. The Morgan fingerprint density at radius 1 is 1.00 bits per heavy atom. The first kappa shape index (κ1) is 23.7. The van der Waals surface area contributed by atoms with E-state index in [4.69, 9.17) is 21.1 Å². The van der Waals surface area contributed by atoms with Gasteiger partial charge in [0.2, 0.25) is 5.91 Å². The third-order valence-corrected chi connectivity index (χ3v) is 6.88. The number of esters is 1. The van der Waals surface area contributed by atoms with Crippen molar-refractivity contribution in [1.82, 2.24) is 9.80 Å². The fraction of sp³-hybridized carbons (Fsp3) is 0.462. The van der Waals surface area contributed by atoms with Gasteiger partial charge in [0, 0.05) is 43.7 Å². The molecule has 2 aliphatic rings. The Labute approximate surface area is 200 Å². The summed E-state index contributed by atoms with van der Waals surface area (Å²) in [5.74, 6) is 0.241. The second kappa shape index (κ2) is 11.1. The average Bonchev–Trinajstić information content (AvgIpc) is 2.81. The number of carbonyl (C=O) groups is 2. The second-order valence-electron chi connectivity index (χ2n) is 8.79. The number of piperazine rings is 1. The highest BCUT2D eigenvalue weighted by Crippen LogP contribution is 2.29. The third-order valence-electron chi connectivity index (χ3n) is 6.63. The van der Waals surface area contributed by atoms with Gasteiger partial charge in [0.15, 0.2) is 0 Å². The minimum Gasteiger partial charge on any atom is -0.465 e. The Hall–Kier alpha value is -2.41. The number of nitrogens with zero attached hydrogens (tertiary/aromatic N) is 2. The maximum Gasteiger partial charge on any atom is 0.337 e. The molecule has 33 heavy (non-hydrogen) atoms. The third kappa shape index (κ3) is 6.14. The van der Waals surface area contributed by atoms with E-state index in [0.29, 0.717) is 23.1 Å². The van der Waals surface area contributed by atoms with E-state index >= 15 is 0 Å². The molecule has 0 aromatic heterocycles. The monoisotopic (exact) mass is 470 g/mol. The summed E-state index contributed by atoms with van der Waals surface area (Å²) >= 11 is 6.09. The largest absolute Gasteiger partial charge is 0.465 e. The van der Waals surface area contributed by atoms with Crippen LogP contribution in [0.15, 0.2) is 48.5 Å². The smallest absolute Gasteiger partial charge is 0.337 e. The van der Waals surface area contributed by atoms with Gasteiger partial charge in [0.1, 0.15) is 0 Å². The molecule has 1 aliphatic carbocycles. The van der Waals surface area contributed by atoms with Gasteiger partial charge in [-0.2, -0.15) is 0 Å². The van der Waals surface area contributed by atoms with Gasteiger partial charge in [-0.1, -0.05) is 42.3 Å². The first-order chi connectivity index (χ1) is 16.0. The van der Waals surface area contributed by atoms with Gasteiger partial charge in [0.05, 0.1) is 25.4 Å². The Balaban J connectivity index is 1.36. The molecule has 0 bridgehead atoms. The molecule has 1 saturated heterocycles. The van der Waals surface area contributed by atoms with E-state index in [2.05, 4.69) is 4.90 Å². The van der Waals surface area contributed by atoms with Crippen LogP contribution in [0, 0.1) is 5.92 Å². The van der Waals surface area contributed by atoms with E-state index in [-0.39, 0.29) is 18.0 Å². The zero-order valence-corrected chi connectivity index (χ0v) is 19.8. The van der Waals surface area contributed by atoms with Crippen molar-refractivity contribution in [3.63, 3.8) is 0 Å². The predicted octanol–water partition coefficient (Wildman–Crippen LogP) is 4.33. The molecule has 6 nitrogen and oxygen atoms in total. The molecule has 2 aromatic rings. The quantitative estimate of drug-likeness (QED) is 0.537. The van der Waals surface area contributed by atoms with Gasteiger partial charge in [-0.3, -0.25) is 9.69 Å². The van der Waals surface area contributed by atoms with Crippen LogP contribution in [0.4, 0.5) is 0 Å². The van der Waals surface area contributed by atoms with Gasteiger partial charge in [0.25, 0.3) is 0 Å². The number of ether oxygens (including phenoxy) is 2. The van der Waals surface area contributed by atoms with E-state index < -0.39 is 0 Å². The summed E-state index contributed by atoms with van der Waals surface area (Å²) in [5, 5.41) is 0.694. The zero-order chi connectivity index (χ0) is 23.2. The van der Waals surface area contributed by atoms with Gasteiger partial charge in [-0.05, 0) is 48.2 Å². The van der Waals surface area contributed by atoms with Crippen molar-refractivity contribution in [3.8, 4) is 0 Å². The molecule has 1 atom stereocenters. The lowest BCUT2D eigenvalue weighted by Gasteiger charge is -2.39. The SMILES string of the molecule is COC(=O)c1ccc(COC(CN2CCN(C(=O)C3CCC3)CC2)c2ccc(Cl)cc2)cc1. The van der Waals surface area contributed by atoms with Gasteiger partial charge >= 0.3 is 5.97 Å². The van der Waals surface area contributed by atoms with Crippen molar-refractivity contribution < 1.29 is 19.1 Å². The van der Waals surface area contributed by atoms with Gasteiger partial charge in [-0.15, -0.1) is 0 Å². The molecule has 7 heteroatoms. The number of hydrogen-bond donors (Lipinski definition) is 0.